The highest BCUT2D eigenvalue weighted by Crippen LogP contribution is 2.23. The molecule has 0 aliphatic heterocycles. The first kappa shape index (κ1) is 13.6. The minimum absolute atomic E-state index is 0.154. The summed E-state index contributed by atoms with van der Waals surface area (Å²) in [4.78, 5) is 11.2. The first-order valence-electron chi connectivity index (χ1n) is 6.08. The molecule has 1 rings (SSSR count). The molecule has 0 aromatic heterocycles. The van der Waals surface area contributed by atoms with E-state index in [1.807, 2.05) is 25.1 Å². The molecule has 0 aliphatic carbocycles. The normalized spacial score (nSPS) is 10.6. The molecule has 0 saturated carbocycles. The Morgan fingerprint density at radius 2 is 2.12 bits per heavy atom. The largest absolute Gasteiger partial charge is 0.466 e. The first-order valence-corrected chi connectivity index (χ1v) is 6.08. The van der Waals surface area contributed by atoms with Crippen LogP contribution in [-0.4, -0.2) is 12.6 Å². The Hall–Kier alpha value is -1.51. The number of nitrogens with two attached hydrogens (primary N) is 1. The summed E-state index contributed by atoms with van der Waals surface area (Å²) in [6.07, 6.45) is 1.09. The summed E-state index contributed by atoms with van der Waals surface area (Å²) in [5.41, 5.74) is 9.02. The van der Waals surface area contributed by atoms with Gasteiger partial charge in [-0.25, -0.2) is 0 Å². The molecule has 0 unspecified atom stereocenters. The predicted molar refractivity (Wildman–Crippen MR) is 69.9 cm³/mol. The van der Waals surface area contributed by atoms with Gasteiger partial charge in [0.2, 0.25) is 0 Å². The average Bonchev–Trinajstić information content (AvgIpc) is 2.26. The lowest BCUT2D eigenvalue weighted by Gasteiger charge is -2.11. The molecule has 0 radical (unpaired) electrons. The average molecular weight is 235 g/mol. The lowest BCUT2D eigenvalue weighted by Crippen LogP contribution is -2.05. The van der Waals surface area contributed by atoms with Crippen molar-refractivity contribution in [3.63, 3.8) is 0 Å². The molecule has 3 heteroatoms. The topological polar surface area (TPSA) is 52.3 Å². The highest BCUT2D eigenvalue weighted by Gasteiger charge is 2.07. The van der Waals surface area contributed by atoms with Crippen LogP contribution in [0.5, 0.6) is 0 Å². The van der Waals surface area contributed by atoms with Crippen LogP contribution in [0.25, 0.3) is 0 Å². The predicted octanol–water partition coefficient (Wildman–Crippen LogP) is 2.89. The van der Waals surface area contributed by atoms with E-state index in [1.54, 1.807) is 0 Å². The Morgan fingerprint density at radius 3 is 2.65 bits per heavy atom. The molecule has 0 bridgehead atoms. The number of anilines is 1. The summed E-state index contributed by atoms with van der Waals surface area (Å²) < 4.78 is 4.89. The summed E-state index contributed by atoms with van der Waals surface area (Å²) in [7, 11) is 0. The summed E-state index contributed by atoms with van der Waals surface area (Å²) in [5.74, 6) is 0.271. The fourth-order valence-corrected chi connectivity index (χ4v) is 1.79. The van der Waals surface area contributed by atoms with E-state index in [1.165, 1.54) is 0 Å². The van der Waals surface area contributed by atoms with Gasteiger partial charge in [0, 0.05) is 12.1 Å². The number of benzene rings is 1. The lowest BCUT2D eigenvalue weighted by molar-refractivity contribution is -0.143. The number of hydrogen-bond acceptors (Lipinski definition) is 3. The molecule has 3 nitrogen and oxygen atoms in total. The van der Waals surface area contributed by atoms with Gasteiger partial charge in [-0.05, 0) is 36.5 Å². The van der Waals surface area contributed by atoms with Gasteiger partial charge in [-0.2, -0.15) is 0 Å². The smallest absolute Gasteiger partial charge is 0.306 e. The zero-order chi connectivity index (χ0) is 12.8. The van der Waals surface area contributed by atoms with Gasteiger partial charge in [0.1, 0.15) is 0 Å². The summed E-state index contributed by atoms with van der Waals surface area (Å²) >= 11 is 0. The van der Waals surface area contributed by atoms with Gasteiger partial charge in [0.15, 0.2) is 0 Å². The van der Waals surface area contributed by atoms with Gasteiger partial charge in [0.25, 0.3) is 0 Å². The molecule has 0 spiro atoms. The molecular formula is C14H21NO2. The van der Waals surface area contributed by atoms with Crippen molar-refractivity contribution in [2.24, 2.45) is 0 Å². The van der Waals surface area contributed by atoms with Crippen molar-refractivity contribution in [1.82, 2.24) is 0 Å². The molecule has 94 valence electrons. The van der Waals surface area contributed by atoms with E-state index in [2.05, 4.69) is 13.8 Å². The van der Waals surface area contributed by atoms with Gasteiger partial charge < -0.3 is 10.5 Å². The molecule has 1 aromatic carbocycles. The maximum Gasteiger partial charge on any atom is 0.306 e. The number of ether oxygens (including phenoxy) is 1. The minimum Gasteiger partial charge on any atom is -0.466 e. The van der Waals surface area contributed by atoms with Crippen molar-refractivity contribution in [3.8, 4) is 0 Å². The lowest BCUT2D eigenvalue weighted by atomic mass is 9.98. The third-order valence-corrected chi connectivity index (χ3v) is 2.70. The number of hydrogen-bond donors (Lipinski definition) is 1. The number of rotatable bonds is 5. The van der Waals surface area contributed by atoms with Gasteiger partial charge in [-0.3, -0.25) is 4.79 Å². The van der Waals surface area contributed by atoms with E-state index in [0.717, 1.165) is 16.8 Å². The molecular weight excluding hydrogens is 214 g/mol. The van der Waals surface area contributed by atoms with Crippen LogP contribution < -0.4 is 5.73 Å². The number of aryl methyl sites for hydroxylation is 1. The summed E-state index contributed by atoms with van der Waals surface area (Å²) in [5, 5.41) is 0. The Kier molecular flexibility index (Phi) is 5.01. The minimum atomic E-state index is -0.154. The molecule has 0 amide bonds. The van der Waals surface area contributed by atoms with E-state index in [0.29, 0.717) is 25.4 Å². The standard InChI is InChI=1S/C14H21NO2/c1-4-17-14(16)8-6-11-5-7-12(10(2)3)13(15)9-11/h5,7,9-10H,4,6,8,15H2,1-3H3. The van der Waals surface area contributed by atoms with Gasteiger partial charge >= 0.3 is 5.97 Å². The maximum atomic E-state index is 11.2. The Labute approximate surface area is 103 Å². The summed E-state index contributed by atoms with van der Waals surface area (Å²) in [6.45, 7) is 6.48. The number of nitrogen functional groups attached to an aromatic ring is 1. The van der Waals surface area contributed by atoms with Crippen LogP contribution in [0.3, 0.4) is 0 Å². The van der Waals surface area contributed by atoms with Crippen LogP contribution in [0.15, 0.2) is 18.2 Å². The van der Waals surface area contributed by atoms with Crippen molar-refractivity contribution in [3.05, 3.63) is 29.3 Å². The molecule has 2 N–H and O–H groups in total. The number of carbonyl (C=O) groups excluding carboxylic acids is 1. The zero-order valence-corrected chi connectivity index (χ0v) is 10.8. The summed E-state index contributed by atoms with van der Waals surface area (Å²) in [6, 6.07) is 6.03. The highest BCUT2D eigenvalue weighted by molar-refractivity contribution is 5.69. The second-order valence-corrected chi connectivity index (χ2v) is 4.42. The molecule has 0 heterocycles. The SMILES string of the molecule is CCOC(=O)CCc1ccc(C(C)C)c(N)c1. The highest BCUT2D eigenvalue weighted by atomic mass is 16.5. The van der Waals surface area contributed by atoms with Crippen LogP contribution in [0, 0.1) is 0 Å². The molecule has 1 aromatic rings. The van der Waals surface area contributed by atoms with Crippen molar-refractivity contribution in [1.29, 1.82) is 0 Å². The molecule has 0 saturated heterocycles. The van der Waals surface area contributed by atoms with Crippen LogP contribution >= 0.6 is 0 Å². The quantitative estimate of drug-likeness (QED) is 0.630. The first-order chi connectivity index (χ1) is 8.04. The molecule has 0 aliphatic rings. The Balaban J connectivity index is 2.62. The molecule has 0 atom stereocenters. The fourth-order valence-electron chi connectivity index (χ4n) is 1.79. The molecule has 17 heavy (non-hydrogen) atoms. The third-order valence-electron chi connectivity index (χ3n) is 2.70. The van der Waals surface area contributed by atoms with Crippen molar-refractivity contribution in [2.45, 2.75) is 39.5 Å². The fraction of sp³-hybridized carbons (Fsp3) is 0.500. The van der Waals surface area contributed by atoms with Crippen LogP contribution in [0.1, 0.15) is 44.2 Å². The zero-order valence-electron chi connectivity index (χ0n) is 10.8. The van der Waals surface area contributed by atoms with Gasteiger partial charge in [-0.15, -0.1) is 0 Å². The number of carbonyl (C=O) groups is 1. The number of esters is 1. The van der Waals surface area contributed by atoms with Gasteiger partial charge in [0.05, 0.1) is 6.61 Å². The van der Waals surface area contributed by atoms with Crippen molar-refractivity contribution >= 4 is 11.7 Å². The van der Waals surface area contributed by atoms with Crippen LogP contribution in [0.4, 0.5) is 5.69 Å². The van der Waals surface area contributed by atoms with Crippen molar-refractivity contribution < 1.29 is 9.53 Å². The Bertz CT molecular complexity index is 386. The van der Waals surface area contributed by atoms with Crippen LogP contribution in [0.2, 0.25) is 0 Å². The monoisotopic (exact) mass is 235 g/mol. The maximum absolute atomic E-state index is 11.2. The van der Waals surface area contributed by atoms with Gasteiger partial charge in [-0.1, -0.05) is 26.0 Å². The van der Waals surface area contributed by atoms with E-state index in [9.17, 15) is 4.79 Å². The van der Waals surface area contributed by atoms with E-state index in [4.69, 9.17) is 10.5 Å². The Morgan fingerprint density at radius 1 is 1.41 bits per heavy atom. The van der Waals surface area contributed by atoms with Crippen molar-refractivity contribution in [2.75, 3.05) is 12.3 Å². The third kappa shape index (κ3) is 4.10. The molecule has 0 fully saturated rings. The van der Waals surface area contributed by atoms with E-state index < -0.39 is 0 Å². The second-order valence-electron chi connectivity index (χ2n) is 4.42. The second kappa shape index (κ2) is 6.28. The van der Waals surface area contributed by atoms with E-state index >= 15 is 0 Å². The van der Waals surface area contributed by atoms with E-state index in [-0.39, 0.29) is 5.97 Å². The van der Waals surface area contributed by atoms with Crippen LogP contribution in [-0.2, 0) is 16.0 Å².